The molecule has 6 rings (SSSR count). The SMILES string of the molecule is [2H]C1([2H])COc2cccc(-c3c(C#N)ccc4c3oc3c(-c5cccc[n+]5C)c(C)ccc34)c21. The lowest BCUT2D eigenvalue weighted by atomic mass is 9.92. The Bertz CT molecular complexity index is 1680. The van der Waals surface area contributed by atoms with Gasteiger partial charge in [0, 0.05) is 43.1 Å². The van der Waals surface area contributed by atoms with Crippen LogP contribution in [0.1, 0.15) is 19.4 Å². The fraction of sp³-hybridized carbons (Fsp3) is 0.143. The molecule has 3 aromatic carbocycles. The van der Waals surface area contributed by atoms with Crippen LogP contribution in [0.15, 0.2) is 71.3 Å². The van der Waals surface area contributed by atoms with E-state index in [4.69, 9.17) is 11.9 Å². The van der Waals surface area contributed by atoms with E-state index in [1.807, 2.05) is 43.6 Å². The molecule has 0 radical (unpaired) electrons. The van der Waals surface area contributed by atoms with Crippen LogP contribution in [0, 0.1) is 18.3 Å². The van der Waals surface area contributed by atoms with E-state index in [2.05, 4.69) is 35.8 Å². The molecule has 0 saturated heterocycles. The van der Waals surface area contributed by atoms with Crippen LogP contribution in [0.4, 0.5) is 0 Å². The zero-order valence-electron chi connectivity index (χ0n) is 19.8. The number of ether oxygens (including phenoxy) is 1. The number of benzene rings is 3. The first-order valence-electron chi connectivity index (χ1n) is 11.5. The Labute approximate surface area is 188 Å². The number of aromatic nitrogens is 1. The van der Waals surface area contributed by atoms with E-state index >= 15 is 0 Å². The first kappa shape index (κ1) is 16.6. The van der Waals surface area contributed by atoms with Gasteiger partial charge in [0.25, 0.3) is 0 Å². The Kier molecular flexibility index (Phi) is 3.61. The number of nitriles is 1. The number of furan rings is 1. The fourth-order valence-corrected chi connectivity index (χ4v) is 4.69. The fourth-order valence-electron chi connectivity index (χ4n) is 4.69. The van der Waals surface area contributed by atoms with E-state index in [1.54, 1.807) is 12.1 Å². The number of fused-ring (bicyclic) bond motifs is 4. The van der Waals surface area contributed by atoms with Crippen LogP contribution in [0.2, 0.25) is 0 Å². The van der Waals surface area contributed by atoms with Crippen molar-refractivity contribution in [2.75, 3.05) is 6.61 Å². The molecule has 0 amide bonds. The molecule has 32 heavy (non-hydrogen) atoms. The molecule has 2 aromatic heterocycles. The van der Waals surface area contributed by atoms with Gasteiger partial charge in [-0.2, -0.15) is 5.26 Å². The minimum atomic E-state index is -1.66. The van der Waals surface area contributed by atoms with Crippen molar-refractivity contribution in [2.45, 2.75) is 13.3 Å². The molecule has 3 heterocycles. The number of aryl methyl sites for hydroxylation is 2. The van der Waals surface area contributed by atoms with Crippen molar-refractivity contribution in [3.63, 3.8) is 0 Å². The maximum Gasteiger partial charge on any atom is 0.216 e. The highest BCUT2D eigenvalue weighted by Crippen LogP contribution is 2.44. The van der Waals surface area contributed by atoms with Gasteiger partial charge in [0.15, 0.2) is 6.20 Å². The molecule has 0 spiro atoms. The highest BCUT2D eigenvalue weighted by molar-refractivity contribution is 6.14. The van der Waals surface area contributed by atoms with E-state index in [9.17, 15) is 5.26 Å². The molecule has 4 nitrogen and oxygen atoms in total. The lowest BCUT2D eigenvalue weighted by Gasteiger charge is -2.09. The largest absolute Gasteiger partial charge is 0.493 e. The molecular weight excluding hydrogens is 396 g/mol. The Morgan fingerprint density at radius 2 is 1.78 bits per heavy atom. The summed E-state index contributed by atoms with van der Waals surface area (Å²) in [4.78, 5) is 0. The standard InChI is InChI=1S/C28H21N2O2/c1-17-9-11-21-22-12-10-18(16-29)26(20-6-5-8-24-19(20)13-15-31-24)28(22)32-27(21)25(17)23-7-3-4-14-30(23)2/h3-12,14H,13,15H2,1-2H3/q+1/i13D2. The monoisotopic (exact) mass is 419 g/mol. The summed E-state index contributed by atoms with van der Waals surface area (Å²) < 4.78 is 31.3. The second kappa shape index (κ2) is 6.96. The summed E-state index contributed by atoms with van der Waals surface area (Å²) in [5.41, 5.74) is 6.57. The van der Waals surface area contributed by atoms with Crippen molar-refractivity contribution in [1.29, 1.82) is 5.26 Å². The van der Waals surface area contributed by atoms with Gasteiger partial charge in [0.1, 0.15) is 24.0 Å². The minimum absolute atomic E-state index is 0.0504. The van der Waals surface area contributed by atoms with Gasteiger partial charge < -0.3 is 9.15 Å². The van der Waals surface area contributed by atoms with Gasteiger partial charge in [-0.3, -0.25) is 0 Å². The normalized spacial score (nSPS) is 15.2. The molecule has 0 saturated carbocycles. The molecule has 0 fully saturated rings. The van der Waals surface area contributed by atoms with Crippen molar-refractivity contribution >= 4 is 21.9 Å². The van der Waals surface area contributed by atoms with Crippen molar-refractivity contribution in [3.8, 4) is 34.2 Å². The van der Waals surface area contributed by atoms with Crippen molar-refractivity contribution in [1.82, 2.24) is 0 Å². The summed E-state index contributed by atoms with van der Waals surface area (Å²) >= 11 is 0. The van der Waals surface area contributed by atoms with Gasteiger partial charge in [0.2, 0.25) is 5.69 Å². The highest BCUT2D eigenvalue weighted by Gasteiger charge is 2.25. The topological polar surface area (TPSA) is 50.0 Å². The Morgan fingerprint density at radius 3 is 2.59 bits per heavy atom. The van der Waals surface area contributed by atoms with Gasteiger partial charge in [-0.25, -0.2) is 4.57 Å². The maximum atomic E-state index is 9.99. The third-order valence-electron chi connectivity index (χ3n) is 6.22. The molecule has 4 heteroatoms. The third-order valence-corrected chi connectivity index (χ3v) is 6.22. The number of hydrogen-bond donors (Lipinski definition) is 0. The van der Waals surface area contributed by atoms with Crippen molar-refractivity contribution in [2.24, 2.45) is 7.05 Å². The van der Waals surface area contributed by atoms with Crippen LogP contribution in [0.5, 0.6) is 5.75 Å². The van der Waals surface area contributed by atoms with Crippen LogP contribution in [-0.4, -0.2) is 6.61 Å². The van der Waals surface area contributed by atoms with E-state index in [0.29, 0.717) is 33.6 Å². The van der Waals surface area contributed by atoms with E-state index < -0.39 is 6.37 Å². The van der Waals surface area contributed by atoms with Crippen LogP contribution >= 0.6 is 0 Å². The lowest BCUT2D eigenvalue weighted by Crippen LogP contribution is -2.30. The summed E-state index contributed by atoms with van der Waals surface area (Å²) in [6.45, 7) is 2.01. The van der Waals surface area contributed by atoms with E-state index in [1.165, 1.54) is 0 Å². The zero-order chi connectivity index (χ0) is 23.6. The second-order valence-corrected chi connectivity index (χ2v) is 8.05. The maximum absolute atomic E-state index is 9.99. The number of hydrogen-bond acceptors (Lipinski definition) is 3. The molecule has 0 aliphatic carbocycles. The Balaban J connectivity index is 1.75. The molecule has 0 unspecified atom stereocenters. The van der Waals surface area contributed by atoms with E-state index in [-0.39, 0.29) is 6.61 Å². The number of rotatable bonds is 2. The third kappa shape index (κ3) is 2.58. The predicted molar refractivity (Wildman–Crippen MR) is 124 cm³/mol. The van der Waals surface area contributed by atoms with Crippen LogP contribution in [0.25, 0.3) is 44.3 Å². The molecular formula is C28H21N2O2+. The average Bonchev–Trinajstić information content (AvgIpc) is 3.36. The van der Waals surface area contributed by atoms with Crippen molar-refractivity contribution in [3.05, 3.63) is 83.6 Å². The van der Waals surface area contributed by atoms with Gasteiger partial charge in [-0.15, -0.1) is 0 Å². The smallest absolute Gasteiger partial charge is 0.216 e. The van der Waals surface area contributed by atoms with Gasteiger partial charge in [0.05, 0.1) is 23.8 Å². The lowest BCUT2D eigenvalue weighted by molar-refractivity contribution is -0.660. The second-order valence-electron chi connectivity index (χ2n) is 8.05. The van der Waals surface area contributed by atoms with Gasteiger partial charge in [-0.1, -0.05) is 24.3 Å². The molecule has 5 aromatic rings. The van der Waals surface area contributed by atoms with Gasteiger partial charge in [-0.05, 0) is 42.3 Å². The average molecular weight is 420 g/mol. The first-order valence-corrected chi connectivity index (χ1v) is 10.5. The summed E-state index contributed by atoms with van der Waals surface area (Å²) in [5, 5.41) is 11.8. The summed E-state index contributed by atoms with van der Waals surface area (Å²) in [5.74, 6) is 0.507. The molecule has 154 valence electrons. The van der Waals surface area contributed by atoms with Crippen LogP contribution < -0.4 is 9.30 Å². The Hall–Kier alpha value is -4.10. The quantitative estimate of drug-likeness (QED) is 0.337. The predicted octanol–water partition coefficient (Wildman–Crippen LogP) is 5.86. The molecule has 0 N–H and O–H groups in total. The number of nitrogens with zero attached hydrogens (tertiary/aromatic N) is 2. The first-order chi connectivity index (χ1) is 16.4. The van der Waals surface area contributed by atoms with Crippen molar-refractivity contribution < 1.29 is 16.5 Å². The number of pyridine rings is 1. The summed E-state index contributed by atoms with van der Waals surface area (Å²) in [6, 6.07) is 21.6. The summed E-state index contributed by atoms with van der Waals surface area (Å²) in [7, 11) is 2.00. The zero-order valence-corrected chi connectivity index (χ0v) is 17.8. The van der Waals surface area contributed by atoms with E-state index in [0.717, 1.165) is 33.2 Å². The molecule has 0 atom stereocenters. The molecule has 1 aliphatic heterocycles. The minimum Gasteiger partial charge on any atom is -0.493 e. The van der Waals surface area contributed by atoms with Crippen LogP contribution in [-0.2, 0) is 13.4 Å². The molecule has 1 aliphatic rings. The summed E-state index contributed by atoms with van der Waals surface area (Å²) in [6.07, 6.45) is 0.344. The Morgan fingerprint density at radius 1 is 0.969 bits per heavy atom. The van der Waals surface area contributed by atoms with Crippen LogP contribution in [0.3, 0.4) is 0 Å². The highest BCUT2D eigenvalue weighted by atomic mass is 16.5. The molecule has 0 bridgehead atoms. The van der Waals surface area contributed by atoms with Gasteiger partial charge >= 0.3 is 0 Å².